The van der Waals surface area contributed by atoms with E-state index in [0.717, 1.165) is 89.9 Å². The lowest BCUT2D eigenvalue weighted by Crippen LogP contribution is -2.46. The van der Waals surface area contributed by atoms with Crippen molar-refractivity contribution in [3.8, 4) is 0 Å². The summed E-state index contributed by atoms with van der Waals surface area (Å²) in [6, 6.07) is -0.725. The maximum absolute atomic E-state index is 13.3. The summed E-state index contributed by atoms with van der Waals surface area (Å²) in [5.74, 6) is -0.533. The molecule has 0 rings (SSSR count). The van der Waals surface area contributed by atoms with Crippen LogP contribution in [0.3, 0.4) is 0 Å². The fourth-order valence-corrected chi connectivity index (χ4v) is 8.99. The van der Waals surface area contributed by atoms with Gasteiger partial charge in [-0.05, 0) is 89.9 Å². The van der Waals surface area contributed by atoms with E-state index in [1.807, 2.05) is 0 Å². The second-order valence-corrected chi connectivity index (χ2v) is 20.4. The zero-order valence-corrected chi connectivity index (χ0v) is 46.4. The first-order valence-corrected chi connectivity index (χ1v) is 30.2. The summed E-state index contributed by atoms with van der Waals surface area (Å²) in [5, 5.41) is 23.9. The maximum atomic E-state index is 13.3. The molecule has 3 unspecified atom stereocenters. The number of carbonyl (C=O) groups is 2. The normalized spacial score (nSPS) is 13.6. The van der Waals surface area contributed by atoms with Gasteiger partial charge in [0, 0.05) is 6.42 Å². The molecule has 0 bridgehead atoms. The van der Waals surface area contributed by atoms with Crippen LogP contribution in [0.2, 0.25) is 0 Å². The van der Waals surface area contributed by atoms with E-state index >= 15 is 0 Å². The Labute approximate surface area is 434 Å². The molecule has 3 atom stereocenters. The molecule has 0 fully saturated rings. The summed E-state index contributed by atoms with van der Waals surface area (Å²) in [5.41, 5.74) is 0. The van der Waals surface area contributed by atoms with E-state index in [4.69, 9.17) is 4.74 Å². The van der Waals surface area contributed by atoms with E-state index < -0.39 is 18.2 Å². The molecular weight excluding hydrogens is 863 g/mol. The molecule has 0 radical (unpaired) electrons. The molecule has 0 spiro atoms. The number of esters is 1. The van der Waals surface area contributed by atoms with Crippen molar-refractivity contribution in [2.75, 3.05) is 6.61 Å². The van der Waals surface area contributed by atoms with Gasteiger partial charge in [0.25, 0.3) is 0 Å². The molecule has 0 aromatic rings. The number of nitrogens with one attached hydrogen (secondary N) is 1. The van der Waals surface area contributed by atoms with Crippen molar-refractivity contribution in [2.24, 2.45) is 0 Å². The van der Waals surface area contributed by atoms with Crippen LogP contribution in [0, 0.1) is 0 Å². The van der Waals surface area contributed by atoms with Gasteiger partial charge in [-0.25, -0.2) is 0 Å². The summed E-state index contributed by atoms with van der Waals surface area (Å²) in [7, 11) is 0. The van der Waals surface area contributed by atoms with Gasteiger partial charge in [0.15, 0.2) is 0 Å². The van der Waals surface area contributed by atoms with Crippen molar-refractivity contribution in [1.82, 2.24) is 5.32 Å². The molecule has 0 saturated carbocycles. The van der Waals surface area contributed by atoms with Crippen molar-refractivity contribution in [1.29, 1.82) is 0 Å². The lowest BCUT2D eigenvalue weighted by Gasteiger charge is -2.24. The molecule has 0 aliphatic rings. The van der Waals surface area contributed by atoms with Gasteiger partial charge in [-0.1, -0.05) is 267 Å². The molecule has 6 heteroatoms. The van der Waals surface area contributed by atoms with Gasteiger partial charge in [-0.15, -0.1) is 0 Å². The number of unbranched alkanes of at least 4 members (excludes halogenated alkanes) is 30. The van der Waals surface area contributed by atoms with E-state index in [-0.39, 0.29) is 24.9 Å². The van der Waals surface area contributed by atoms with Crippen LogP contribution < -0.4 is 5.32 Å². The van der Waals surface area contributed by atoms with E-state index in [0.29, 0.717) is 19.3 Å². The van der Waals surface area contributed by atoms with Crippen LogP contribution in [0.1, 0.15) is 297 Å². The topological polar surface area (TPSA) is 95.9 Å². The van der Waals surface area contributed by atoms with Gasteiger partial charge in [-0.2, -0.15) is 0 Å². The zero-order chi connectivity index (χ0) is 50.9. The smallest absolute Gasteiger partial charge is 0.306 e. The highest BCUT2D eigenvalue weighted by Crippen LogP contribution is 2.18. The zero-order valence-electron chi connectivity index (χ0n) is 46.4. The van der Waals surface area contributed by atoms with E-state index in [2.05, 4.69) is 99.0 Å². The average molecular weight is 979 g/mol. The standard InChI is InChI=1S/C64H115NO5/c1-4-7-10-13-16-19-22-25-28-31-33-36-39-42-45-48-51-54-57-64(69)70-60(55-52-49-46-43-40-37-34-32-29-26-23-20-17-14-11-8-5-2)58-63(68)65-61(59-66)62(67)56-53-50-47-44-41-38-35-30-27-24-21-18-15-12-9-6-3/h8,11,17,20,26,29,33-34,36-37,43,46,60-62,66-67H,4-7,9-10,12-16,18-19,21-25,27-28,30-32,35,38-42,44-45,47-59H2,1-3H3,(H,65,68)/b11-8-,20-17-,29-26-,36-33+,37-34-,46-43-. The minimum absolute atomic E-state index is 0.0340. The van der Waals surface area contributed by atoms with Crippen LogP contribution in [0.5, 0.6) is 0 Å². The summed E-state index contributed by atoms with van der Waals surface area (Å²) < 4.78 is 5.94. The Hall–Kier alpha value is -2.70. The molecule has 0 aliphatic carbocycles. The number of aliphatic hydroxyl groups is 2. The van der Waals surface area contributed by atoms with E-state index in [1.165, 1.54) is 161 Å². The van der Waals surface area contributed by atoms with Crippen LogP contribution in [0.25, 0.3) is 0 Å². The van der Waals surface area contributed by atoms with Gasteiger partial charge in [-0.3, -0.25) is 9.59 Å². The van der Waals surface area contributed by atoms with Gasteiger partial charge < -0.3 is 20.3 Å². The minimum atomic E-state index is -0.808. The fourth-order valence-electron chi connectivity index (χ4n) is 8.99. The second kappa shape index (κ2) is 57.2. The van der Waals surface area contributed by atoms with Gasteiger partial charge in [0.2, 0.25) is 5.91 Å². The number of hydrogen-bond donors (Lipinski definition) is 3. The van der Waals surface area contributed by atoms with Crippen LogP contribution in [-0.2, 0) is 14.3 Å². The first kappa shape index (κ1) is 67.3. The van der Waals surface area contributed by atoms with Gasteiger partial charge in [0.1, 0.15) is 6.10 Å². The Morgan fingerprint density at radius 3 is 1.21 bits per heavy atom. The third-order valence-electron chi connectivity index (χ3n) is 13.5. The number of carbonyl (C=O) groups excluding carboxylic acids is 2. The Kier molecular flexibility index (Phi) is 55.0. The van der Waals surface area contributed by atoms with Crippen LogP contribution >= 0.6 is 0 Å². The van der Waals surface area contributed by atoms with Gasteiger partial charge in [0.05, 0.1) is 25.2 Å². The Bertz CT molecular complexity index is 1280. The van der Waals surface area contributed by atoms with E-state index in [1.54, 1.807) is 0 Å². The van der Waals surface area contributed by atoms with Crippen molar-refractivity contribution >= 4 is 11.9 Å². The van der Waals surface area contributed by atoms with Gasteiger partial charge >= 0.3 is 5.97 Å². The quantitative estimate of drug-likeness (QED) is 0.0321. The SMILES string of the molecule is CC/C=C\C/C=C\C/C=C\C/C=C\C/C=C\CCCC(CC(=O)NC(CO)C(O)CCCCCCCCCCCCCCCCCC)OC(=O)CCCCCCC/C=C/CCCCCCCCCCC. The maximum Gasteiger partial charge on any atom is 0.306 e. The lowest BCUT2D eigenvalue weighted by atomic mass is 10.0. The summed E-state index contributed by atoms with van der Waals surface area (Å²) >= 11 is 0. The van der Waals surface area contributed by atoms with E-state index in [9.17, 15) is 19.8 Å². The largest absolute Gasteiger partial charge is 0.462 e. The highest BCUT2D eigenvalue weighted by Gasteiger charge is 2.24. The summed E-state index contributed by atoms with van der Waals surface area (Å²) in [4.78, 5) is 26.3. The molecule has 3 N–H and O–H groups in total. The average Bonchev–Trinajstić information content (AvgIpc) is 3.35. The molecule has 0 aromatic carbocycles. The predicted octanol–water partition coefficient (Wildman–Crippen LogP) is 18.9. The van der Waals surface area contributed by atoms with Crippen LogP contribution in [0.15, 0.2) is 72.9 Å². The summed E-state index contributed by atoms with van der Waals surface area (Å²) in [6.45, 7) is 6.38. The molecule has 406 valence electrons. The molecule has 0 saturated heterocycles. The first-order valence-electron chi connectivity index (χ1n) is 30.2. The lowest BCUT2D eigenvalue weighted by molar-refractivity contribution is -0.151. The molecular formula is C64H115NO5. The molecule has 1 amide bonds. The number of allylic oxidation sites excluding steroid dienone is 12. The van der Waals surface area contributed by atoms with Crippen LogP contribution in [-0.4, -0.2) is 46.9 Å². The second-order valence-electron chi connectivity index (χ2n) is 20.4. The van der Waals surface area contributed by atoms with Crippen molar-refractivity contribution < 1.29 is 24.5 Å². The monoisotopic (exact) mass is 978 g/mol. The number of aliphatic hydroxyl groups excluding tert-OH is 2. The van der Waals surface area contributed by atoms with Crippen molar-refractivity contribution in [3.05, 3.63) is 72.9 Å². The molecule has 70 heavy (non-hydrogen) atoms. The Morgan fingerprint density at radius 1 is 0.429 bits per heavy atom. The van der Waals surface area contributed by atoms with Crippen LogP contribution in [0.4, 0.5) is 0 Å². The number of amides is 1. The first-order chi connectivity index (χ1) is 34.5. The minimum Gasteiger partial charge on any atom is -0.462 e. The van der Waals surface area contributed by atoms with Crippen molar-refractivity contribution in [2.45, 2.75) is 315 Å². The molecule has 0 aromatic heterocycles. The third kappa shape index (κ3) is 51.6. The number of hydrogen-bond acceptors (Lipinski definition) is 5. The Morgan fingerprint density at radius 2 is 0.786 bits per heavy atom. The third-order valence-corrected chi connectivity index (χ3v) is 13.5. The highest BCUT2D eigenvalue weighted by atomic mass is 16.5. The molecule has 0 heterocycles. The Balaban J connectivity index is 4.65. The highest BCUT2D eigenvalue weighted by molar-refractivity contribution is 5.77. The number of rotatable bonds is 54. The molecule has 0 aliphatic heterocycles. The predicted molar refractivity (Wildman–Crippen MR) is 305 cm³/mol. The fraction of sp³-hybridized carbons (Fsp3) is 0.781. The van der Waals surface area contributed by atoms with Crippen molar-refractivity contribution in [3.63, 3.8) is 0 Å². The molecule has 6 nitrogen and oxygen atoms in total. The number of ether oxygens (including phenoxy) is 1. The summed E-state index contributed by atoms with van der Waals surface area (Å²) in [6.07, 6.45) is 74.0.